The van der Waals surface area contributed by atoms with Crippen LogP contribution in [0.2, 0.25) is 0 Å². The molecule has 0 unspecified atom stereocenters. The lowest BCUT2D eigenvalue weighted by molar-refractivity contribution is 0.315. The van der Waals surface area contributed by atoms with Gasteiger partial charge in [-0.1, -0.05) is 0 Å². The summed E-state index contributed by atoms with van der Waals surface area (Å²) < 4.78 is 8.46. The van der Waals surface area contributed by atoms with Crippen molar-refractivity contribution in [1.29, 1.82) is 0 Å². The molecule has 1 aliphatic carbocycles. The van der Waals surface area contributed by atoms with Gasteiger partial charge in [-0.05, 0) is 50.5 Å². The van der Waals surface area contributed by atoms with E-state index >= 15 is 0 Å². The Morgan fingerprint density at radius 1 is 1.08 bits per heavy atom. The lowest BCUT2D eigenvalue weighted by Gasteiger charge is -2.28. The Bertz CT molecular complexity index is 743. The molecule has 0 spiro atoms. The van der Waals surface area contributed by atoms with Crippen molar-refractivity contribution >= 4 is 22.7 Å². The molecule has 5 rings (SSSR count). The Kier molecular flexibility index (Phi) is 3.53. The largest absolute Gasteiger partial charge is 0.491 e. The molecule has 3 aliphatic rings. The maximum atomic E-state index is 6.06. The number of benzene rings is 1. The van der Waals surface area contributed by atoms with Gasteiger partial charge in [0.1, 0.15) is 11.3 Å². The summed E-state index contributed by atoms with van der Waals surface area (Å²) in [6.45, 7) is 5.13. The highest BCUT2D eigenvalue weighted by Gasteiger charge is 2.24. The van der Waals surface area contributed by atoms with Gasteiger partial charge in [0.15, 0.2) is 0 Å². The maximum Gasteiger partial charge on any atom is 0.206 e. The first-order chi connectivity index (χ1) is 11.9. The topological polar surface area (TPSA) is 42.3 Å². The Morgan fingerprint density at radius 3 is 2.79 bits per heavy atom. The highest BCUT2D eigenvalue weighted by Crippen LogP contribution is 2.37. The maximum absolute atomic E-state index is 6.06. The van der Waals surface area contributed by atoms with E-state index in [1.807, 2.05) is 0 Å². The summed E-state index contributed by atoms with van der Waals surface area (Å²) in [7, 11) is 0. The molecule has 0 atom stereocenters. The predicted molar refractivity (Wildman–Crippen MR) is 97.1 cm³/mol. The molecule has 2 aliphatic heterocycles. The van der Waals surface area contributed by atoms with E-state index in [1.54, 1.807) is 0 Å². The fourth-order valence-corrected chi connectivity index (χ4v) is 3.97. The molecule has 24 heavy (non-hydrogen) atoms. The molecule has 1 aromatic heterocycles. The van der Waals surface area contributed by atoms with Gasteiger partial charge in [0.2, 0.25) is 5.95 Å². The van der Waals surface area contributed by atoms with E-state index in [0.717, 1.165) is 68.0 Å². The van der Waals surface area contributed by atoms with Gasteiger partial charge < -0.3 is 19.5 Å². The third kappa shape index (κ3) is 2.60. The van der Waals surface area contributed by atoms with Crippen molar-refractivity contribution in [3.05, 3.63) is 12.1 Å². The van der Waals surface area contributed by atoms with Crippen molar-refractivity contribution in [3.63, 3.8) is 0 Å². The summed E-state index contributed by atoms with van der Waals surface area (Å²) in [6, 6.07) is 4.38. The lowest BCUT2D eigenvalue weighted by Crippen LogP contribution is -2.31. The molecule has 0 amide bonds. The molecule has 2 fully saturated rings. The number of aryl methyl sites for hydroxylation is 1. The van der Waals surface area contributed by atoms with E-state index in [2.05, 4.69) is 26.9 Å². The zero-order chi connectivity index (χ0) is 15.9. The summed E-state index contributed by atoms with van der Waals surface area (Å²) >= 11 is 0. The van der Waals surface area contributed by atoms with Crippen LogP contribution >= 0.6 is 0 Å². The predicted octanol–water partition coefficient (Wildman–Crippen LogP) is 3.63. The van der Waals surface area contributed by atoms with Crippen LogP contribution in [-0.2, 0) is 6.54 Å². The van der Waals surface area contributed by atoms with E-state index in [9.17, 15) is 0 Å². The number of hydrogen-bond donors (Lipinski definition) is 1. The third-order valence-electron chi connectivity index (χ3n) is 5.50. The molecule has 1 aromatic carbocycles. The van der Waals surface area contributed by atoms with Crippen molar-refractivity contribution < 1.29 is 4.74 Å². The number of nitrogens with one attached hydrogen (secondary N) is 1. The van der Waals surface area contributed by atoms with Gasteiger partial charge >= 0.3 is 0 Å². The second-order valence-electron chi connectivity index (χ2n) is 7.48. The molecule has 5 heteroatoms. The van der Waals surface area contributed by atoms with Gasteiger partial charge in [0.25, 0.3) is 0 Å². The number of rotatable bonds is 4. The van der Waals surface area contributed by atoms with Crippen LogP contribution in [-0.4, -0.2) is 35.8 Å². The minimum absolute atomic E-state index is 0.794. The first kappa shape index (κ1) is 14.4. The van der Waals surface area contributed by atoms with Gasteiger partial charge in [-0.25, -0.2) is 4.98 Å². The van der Waals surface area contributed by atoms with Crippen molar-refractivity contribution in [3.8, 4) is 5.75 Å². The molecule has 1 saturated carbocycles. The van der Waals surface area contributed by atoms with E-state index in [0.29, 0.717) is 0 Å². The Hall–Kier alpha value is -1.91. The van der Waals surface area contributed by atoms with Gasteiger partial charge in [0.05, 0.1) is 12.1 Å². The first-order valence-corrected chi connectivity index (χ1v) is 9.54. The van der Waals surface area contributed by atoms with Crippen molar-refractivity contribution in [2.75, 3.05) is 36.5 Å². The van der Waals surface area contributed by atoms with E-state index < -0.39 is 0 Å². The second-order valence-corrected chi connectivity index (χ2v) is 7.48. The van der Waals surface area contributed by atoms with Crippen LogP contribution in [0.4, 0.5) is 11.6 Å². The molecule has 2 aromatic rings. The van der Waals surface area contributed by atoms with Gasteiger partial charge in [-0.15, -0.1) is 0 Å². The molecule has 3 heterocycles. The average molecular weight is 326 g/mol. The highest BCUT2D eigenvalue weighted by atomic mass is 16.5. The Labute approximate surface area is 143 Å². The SMILES string of the molecule is c1c(NCC2CC2)cc2nc(N3CCCCC3)n3c2c1OCCC3. The molecule has 1 saturated heterocycles. The summed E-state index contributed by atoms with van der Waals surface area (Å²) in [5.41, 5.74) is 3.42. The number of hydrogen-bond acceptors (Lipinski definition) is 4. The Balaban J connectivity index is 1.55. The van der Waals surface area contributed by atoms with Crippen molar-refractivity contribution in [1.82, 2.24) is 9.55 Å². The van der Waals surface area contributed by atoms with Gasteiger partial charge in [-0.2, -0.15) is 0 Å². The van der Waals surface area contributed by atoms with Crippen molar-refractivity contribution in [2.24, 2.45) is 5.92 Å². The summed E-state index contributed by atoms with van der Waals surface area (Å²) in [5, 5.41) is 3.58. The van der Waals surface area contributed by atoms with Crippen LogP contribution in [0.15, 0.2) is 12.1 Å². The Morgan fingerprint density at radius 2 is 1.96 bits per heavy atom. The fraction of sp³-hybridized carbons (Fsp3) is 0.632. The summed E-state index contributed by atoms with van der Waals surface area (Å²) in [4.78, 5) is 7.49. The third-order valence-corrected chi connectivity index (χ3v) is 5.50. The lowest BCUT2D eigenvalue weighted by atomic mass is 10.1. The first-order valence-electron chi connectivity index (χ1n) is 9.54. The zero-order valence-corrected chi connectivity index (χ0v) is 14.3. The molecule has 128 valence electrons. The number of anilines is 2. The molecule has 5 nitrogen and oxygen atoms in total. The van der Waals surface area contributed by atoms with Crippen LogP contribution in [0.25, 0.3) is 11.0 Å². The average Bonchev–Trinajstić information content (AvgIpc) is 3.40. The van der Waals surface area contributed by atoms with Crippen LogP contribution in [0, 0.1) is 5.92 Å². The minimum atomic E-state index is 0.794. The van der Waals surface area contributed by atoms with Crippen LogP contribution < -0.4 is 15.0 Å². The molecule has 0 bridgehead atoms. The van der Waals surface area contributed by atoms with E-state index in [1.165, 1.54) is 37.6 Å². The number of nitrogens with zero attached hydrogens (tertiary/aromatic N) is 3. The molecule has 1 N–H and O–H groups in total. The smallest absolute Gasteiger partial charge is 0.206 e. The number of imidazole rings is 1. The summed E-state index contributed by atoms with van der Waals surface area (Å²) in [6.07, 6.45) is 7.69. The molecule has 0 radical (unpaired) electrons. The monoisotopic (exact) mass is 326 g/mol. The number of aromatic nitrogens is 2. The van der Waals surface area contributed by atoms with Gasteiger partial charge in [0, 0.05) is 37.9 Å². The quantitative estimate of drug-likeness (QED) is 0.931. The standard InChI is InChI=1S/C19H26N4O/c1-2-7-22(8-3-1)19-21-16-11-15(20-13-14-5-6-14)12-17-18(16)23(19)9-4-10-24-17/h11-12,14,20H,1-10,13H2. The normalized spacial score (nSPS) is 20.8. The van der Waals surface area contributed by atoms with Gasteiger partial charge in [-0.3, -0.25) is 0 Å². The molecular formula is C19H26N4O. The second kappa shape index (κ2) is 5.87. The number of ether oxygens (including phenoxy) is 1. The summed E-state index contributed by atoms with van der Waals surface area (Å²) in [5.74, 6) is 3.01. The van der Waals surface area contributed by atoms with Crippen molar-refractivity contribution in [2.45, 2.75) is 45.1 Å². The van der Waals surface area contributed by atoms with E-state index in [-0.39, 0.29) is 0 Å². The zero-order valence-electron chi connectivity index (χ0n) is 14.3. The van der Waals surface area contributed by atoms with E-state index in [4.69, 9.17) is 9.72 Å². The number of piperidine rings is 1. The highest BCUT2D eigenvalue weighted by molar-refractivity contribution is 5.88. The minimum Gasteiger partial charge on any atom is -0.491 e. The van der Waals surface area contributed by atoms with Crippen LogP contribution in [0.1, 0.15) is 38.5 Å². The molecular weight excluding hydrogens is 300 g/mol. The van der Waals surface area contributed by atoms with Crippen LogP contribution in [0.5, 0.6) is 5.75 Å². The van der Waals surface area contributed by atoms with Crippen LogP contribution in [0.3, 0.4) is 0 Å². The fourth-order valence-electron chi connectivity index (χ4n) is 3.97.